The normalized spacial score (nSPS) is 14.0. The Bertz CT molecular complexity index is 1680. The van der Waals surface area contributed by atoms with Crippen molar-refractivity contribution in [3.63, 3.8) is 0 Å². The predicted octanol–water partition coefficient (Wildman–Crippen LogP) is 5.32. The molecule has 3 aromatic heterocycles. The molecule has 1 fully saturated rings. The van der Waals surface area contributed by atoms with Crippen LogP contribution in [0.2, 0.25) is 0 Å². The first-order valence-electron chi connectivity index (χ1n) is 13.8. The van der Waals surface area contributed by atoms with Gasteiger partial charge in [0, 0.05) is 30.5 Å². The number of morpholine rings is 1. The van der Waals surface area contributed by atoms with Gasteiger partial charge < -0.3 is 15.0 Å². The Balaban J connectivity index is 1.38. The number of rotatable bonds is 8. The molecular weight excluding hydrogens is 519 g/mol. The Hall–Kier alpha value is -4.44. The van der Waals surface area contributed by atoms with E-state index < -0.39 is 12.2 Å². The Morgan fingerprint density at radius 1 is 0.927 bits per heavy atom. The van der Waals surface area contributed by atoms with Gasteiger partial charge in [-0.1, -0.05) is 36.4 Å². The summed E-state index contributed by atoms with van der Waals surface area (Å²) in [6, 6.07) is 20.1. The van der Waals surface area contributed by atoms with E-state index in [9.17, 15) is 4.39 Å². The summed E-state index contributed by atoms with van der Waals surface area (Å²) in [5.74, 6) is 1.51. The molecule has 5 aromatic rings. The van der Waals surface area contributed by atoms with Crippen LogP contribution < -0.4 is 10.2 Å². The lowest BCUT2D eigenvalue weighted by Gasteiger charge is -2.30. The number of ether oxygens (including phenoxy) is 1. The first-order chi connectivity index (χ1) is 19.9. The fourth-order valence-electron chi connectivity index (χ4n) is 5.30. The third-order valence-electron chi connectivity index (χ3n) is 7.16. The molecule has 6 rings (SSSR count). The van der Waals surface area contributed by atoms with E-state index in [-0.39, 0.29) is 5.82 Å². The van der Waals surface area contributed by atoms with Gasteiger partial charge in [0.15, 0.2) is 0 Å². The van der Waals surface area contributed by atoms with Gasteiger partial charge in [-0.05, 0) is 68.1 Å². The molecule has 2 aromatic carbocycles. The Morgan fingerprint density at radius 2 is 1.68 bits per heavy atom. The quantitative estimate of drug-likeness (QED) is 0.277. The molecule has 0 spiro atoms. The molecule has 0 atom stereocenters. The molecule has 0 saturated carbocycles. The summed E-state index contributed by atoms with van der Waals surface area (Å²) in [6.45, 7) is 8.00. The van der Waals surface area contributed by atoms with Crippen molar-refractivity contribution < 1.29 is 9.13 Å². The second-order valence-corrected chi connectivity index (χ2v) is 10.9. The van der Waals surface area contributed by atoms with Gasteiger partial charge in [-0.3, -0.25) is 9.55 Å². The Kier molecular flexibility index (Phi) is 7.32. The molecule has 1 N–H and O–H groups in total. The number of hydrogen-bond donors (Lipinski definition) is 1. The molecule has 0 bridgehead atoms. The van der Waals surface area contributed by atoms with Gasteiger partial charge in [-0.15, -0.1) is 0 Å². The largest absolute Gasteiger partial charge is 0.378 e. The number of aromatic nitrogens is 6. The summed E-state index contributed by atoms with van der Waals surface area (Å²) in [5, 5.41) is 3.56. The van der Waals surface area contributed by atoms with E-state index in [0.717, 1.165) is 22.3 Å². The second kappa shape index (κ2) is 11.2. The summed E-state index contributed by atoms with van der Waals surface area (Å²) in [4.78, 5) is 25.3. The SMILES string of the molecule is Cc1cc(-c2ccccc2CC(C)(C)Nc2nc(N3CCOCC3)nc(-n3c(CF)nc4ccccc43)n2)ccn1. The van der Waals surface area contributed by atoms with Gasteiger partial charge in [0.25, 0.3) is 0 Å². The van der Waals surface area contributed by atoms with Gasteiger partial charge in [0.1, 0.15) is 12.5 Å². The van der Waals surface area contributed by atoms with Crippen molar-refractivity contribution in [1.82, 2.24) is 29.5 Å². The van der Waals surface area contributed by atoms with E-state index in [4.69, 9.17) is 19.7 Å². The molecule has 210 valence electrons. The van der Waals surface area contributed by atoms with Crippen molar-refractivity contribution in [2.75, 3.05) is 36.5 Å². The van der Waals surface area contributed by atoms with Crippen LogP contribution in [0.25, 0.3) is 28.1 Å². The first-order valence-corrected chi connectivity index (χ1v) is 13.8. The van der Waals surface area contributed by atoms with Crippen molar-refractivity contribution in [1.29, 1.82) is 0 Å². The van der Waals surface area contributed by atoms with E-state index in [0.29, 0.717) is 56.1 Å². The zero-order valence-electron chi connectivity index (χ0n) is 23.5. The maximum absolute atomic E-state index is 14.2. The van der Waals surface area contributed by atoms with Gasteiger partial charge in [0.05, 0.1) is 24.2 Å². The van der Waals surface area contributed by atoms with Gasteiger partial charge >= 0.3 is 0 Å². The summed E-state index contributed by atoms with van der Waals surface area (Å²) >= 11 is 0. The van der Waals surface area contributed by atoms with Gasteiger partial charge in [-0.2, -0.15) is 15.0 Å². The lowest BCUT2D eigenvalue weighted by molar-refractivity contribution is 0.122. The molecule has 0 radical (unpaired) electrons. The number of alkyl halides is 1. The minimum Gasteiger partial charge on any atom is -0.378 e. The third-order valence-corrected chi connectivity index (χ3v) is 7.16. The number of anilines is 2. The Labute approximate surface area is 238 Å². The molecule has 9 nitrogen and oxygen atoms in total. The average molecular weight is 553 g/mol. The average Bonchev–Trinajstić information content (AvgIpc) is 3.36. The van der Waals surface area contributed by atoms with Crippen molar-refractivity contribution in [2.24, 2.45) is 0 Å². The van der Waals surface area contributed by atoms with E-state index in [1.807, 2.05) is 43.5 Å². The maximum atomic E-state index is 14.2. The van der Waals surface area contributed by atoms with Crippen LogP contribution >= 0.6 is 0 Å². The first kappa shape index (κ1) is 26.8. The number of pyridine rings is 1. The smallest absolute Gasteiger partial charge is 0.242 e. The summed E-state index contributed by atoms with van der Waals surface area (Å²) in [5.41, 5.74) is 5.46. The summed E-state index contributed by atoms with van der Waals surface area (Å²) < 4.78 is 21.4. The van der Waals surface area contributed by atoms with Crippen LogP contribution in [0.1, 0.15) is 30.9 Å². The highest BCUT2D eigenvalue weighted by Crippen LogP contribution is 2.29. The number of nitrogens with zero attached hydrogens (tertiary/aromatic N) is 7. The van der Waals surface area contributed by atoms with Crippen molar-refractivity contribution in [2.45, 2.75) is 39.4 Å². The number of nitrogens with one attached hydrogen (secondary N) is 1. The number of aryl methyl sites for hydroxylation is 1. The molecule has 41 heavy (non-hydrogen) atoms. The molecular formula is C31H33FN8O. The fraction of sp³-hybridized carbons (Fsp3) is 0.323. The van der Waals surface area contributed by atoms with Crippen LogP contribution in [-0.2, 0) is 17.8 Å². The van der Waals surface area contributed by atoms with Crippen LogP contribution in [-0.4, -0.2) is 61.3 Å². The molecule has 0 unspecified atom stereocenters. The number of fused-ring (bicyclic) bond motifs is 1. The minimum atomic E-state index is -0.743. The van der Waals surface area contributed by atoms with Crippen molar-refractivity contribution in [3.05, 3.63) is 83.9 Å². The zero-order valence-corrected chi connectivity index (χ0v) is 23.5. The number of benzene rings is 2. The van der Waals surface area contributed by atoms with Crippen LogP contribution in [0, 0.1) is 6.92 Å². The molecule has 0 amide bonds. The highest BCUT2D eigenvalue weighted by atomic mass is 19.1. The minimum absolute atomic E-state index is 0.247. The van der Waals surface area contributed by atoms with Gasteiger partial charge in [-0.25, -0.2) is 9.37 Å². The number of imidazole rings is 1. The molecule has 10 heteroatoms. The van der Waals surface area contributed by atoms with Crippen LogP contribution in [0.4, 0.5) is 16.3 Å². The molecule has 1 saturated heterocycles. The predicted molar refractivity (Wildman–Crippen MR) is 158 cm³/mol. The molecule has 1 aliphatic rings. The fourth-order valence-corrected chi connectivity index (χ4v) is 5.30. The lowest BCUT2D eigenvalue weighted by Crippen LogP contribution is -2.39. The standard InChI is InChI=1S/C31H33FN8O/c1-21-18-22(12-13-33-21)24-9-5-4-8-23(24)19-31(2,3)38-28-35-29(39-14-16-41-17-15-39)37-30(36-28)40-26-11-7-6-10-25(26)34-27(40)20-32/h4-13,18H,14-17,19-20H2,1-3H3,(H,35,36,37,38). The molecule has 1 aliphatic heterocycles. The van der Waals surface area contributed by atoms with E-state index in [2.05, 4.69) is 64.4 Å². The van der Waals surface area contributed by atoms with Crippen LogP contribution in [0.15, 0.2) is 66.9 Å². The maximum Gasteiger partial charge on any atom is 0.242 e. The monoisotopic (exact) mass is 552 g/mol. The van der Waals surface area contributed by atoms with E-state index in [1.54, 1.807) is 4.57 Å². The van der Waals surface area contributed by atoms with Crippen molar-refractivity contribution >= 4 is 22.9 Å². The number of halogens is 1. The van der Waals surface area contributed by atoms with Crippen LogP contribution in [0.5, 0.6) is 0 Å². The van der Waals surface area contributed by atoms with Gasteiger partial charge in [0.2, 0.25) is 17.8 Å². The summed E-state index contributed by atoms with van der Waals surface area (Å²) in [7, 11) is 0. The molecule has 4 heterocycles. The van der Waals surface area contributed by atoms with Crippen LogP contribution in [0.3, 0.4) is 0 Å². The second-order valence-electron chi connectivity index (χ2n) is 10.9. The third kappa shape index (κ3) is 5.74. The number of para-hydroxylation sites is 2. The Morgan fingerprint density at radius 3 is 2.49 bits per heavy atom. The van der Waals surface area contributed by atoms with E-state index in [1.165, 1.54) is 5.56 Å². The highest BCUT2D eigenvalue weighted by molar-refractivity contribution is 5.77. The topological polar surface area (TPSA) is 93.9 Å². The zero-order chi connectivity index (χ0) is 28.4. The lowest BCUT2D eigenvalue weighted by atomic mass is 9.89. The highest BCUT2D eigenvalue weighted by Gasteiger charge is 2.25. The number of hydrogen-bond acceptors (Lipinski definition) is 8. The van der Waals surface area contributed by atoms with E-state index >= 15 is 0 Å². The van der Waals surface area contributed by atoms with Crippen molar-refractivity contribution in [3.8, 4) is 17.1 Å². The molecule has 0 aliphatic carbocycles. The summed E-state index contributed by atoms with van der Waals surface area (Å²) in [6.07, 6.45) is 2.55.